The van der Waals surface area contributed by atoms with Crippen molar-refractivity contribution in [1.82, 2.24) is 14.9 Å². The first kappa shape index (κ1) is 19.6. The first-order valence-electron chi connectivity index (χ1n) is 10.5. The minimum absolute atomic E-state index is 0.148. The minimum Gasteiger partial charge on any atom is -0.378 e. The number of ether oxygens (including phenoxy) is 1. The van der Waals surface area contributed by atoms with E-state index < -0.39 is 0 Å². The predicted octanol–water partition coefficient (Wildman–Crippen LogP) is 3.36. The zero-order chi connectivity index (χ0) is 20.1. The Kier molecular flexibility index (Phi) is 6.24. The molecule has 2 aromatic rings. The first-order chi connectivity index (χ1) is 14.2. The predicted molar refractivity (Wildman–Crippen MR) is 113 cm³/mol. The summed E-state index contributed by atoms with van der Waals surface area (Å²) in [6.07, 6.45) is 5.38. The van der Waals surface area contributed by atoms with Crippen molar-refractivity contribution in [1.29, 1.82) is 0 Å². The van der Waals surface area contributed by atoms with Gasteiger partial charge >= 0.3 is 0 Å². The van der Waals surface area contributed by atoms with Crippen LogP contribution in [-0.2, 0) is 9.53 Å². The van der Waals surface area contributed by atoms with E-state index in [1.54, 1.807) is 6.33 Å². The van der Waals surface area contributed by atoms with Gasteiger partial charge < -0.3 is 20.3 Å². The highest BCUT2D eigenvalue weighted by Gasteiger charge is 2.30. The number of hydrogen-bond donors (Lipinski definition) is 2. The number of aryl methyl sites for hydroxylation is 1. The Morgan fingerprint density at radius 1 is 1.07 bits per heavy atom. The summed E-state index contributed by atoms with van der Waals surface area (Å²) in [4.78, 5) is 23.3. The Bertz CT molecular complexity index is 829. The molecule has 0 atom stereocenters. The van der Waals surface area contributed by atoms with Crippen LogP contribution in [0.25, 0.3) is 0 Å². The number of aromatic nitrogens is 2. The summed E-state index contributed by atoms with van der Waals surface area (Å²) in [5.74, 6) is 2.04. The van der Waals surface area contributed by atoms with E-state index in [2.05, 4.69) is 39.7 Å². The summed E-state index contributed by atoms with van der Waals surface area (Å²) in [5.41, 5.74) is 2.21. The molecule has 1 saturated carbocycles. The Hall–Kier alpha value is -2.67. The van der Waals surface area contributed by atoms with Gasteiger partial charge in [-0.05, 0) is 50.3 Å². The second-order valence-electron chi connectivity index (χ2n) is 7.91. The molecular weight excluding hydrogens is 366 g/mol. The third-order valence-corrected chi connectivity index (χ3v) is 5.71. The normalized spacial score (nSPS) is 22.2. The van der Waals surface area contributed by atoms with Crippen LogP contribution in [0, 0.1) is 12.8 Å². The molecule has 1 amide bonds. The van der Waals surface area contributed by atoms with Gasteiger partial charge in [0.1, 0.15) is 18.0 Å². The lowest BCUT2D eigenvalue weighted by atomic mass is 9.85. The maximum Gasteiger partial charge on any atom is 0.225 e. The van der Waals surface area contributed by atoms with Gasteiger partial charge in [0.15, 0.2) is 0 Å². The monoisotopic (exact) mass is 395 g/mol. The van der Waals surface area contributed by atoms with E-state index >= 15 is 0 Å². The zero-order valence-electron chi connectivity index (χ0n) is 16.9. The molecule has 0 spiro atoms. The van der Waals surface area contributed by atoms with Crippen molar-refractivity contribution in [2.45, 2.75) is 38.6 Å². The van der Waals surface area contributed by atoms with E-state index in [0.717, 1.165) is 56.1 Å². The molecule has 2 fully saturated rings. The van der Waals surface area contributed by atoms with Crippen LogP contribution in [0.1, 0.15) is 31.2 Å². The highest BCUT2D eigenvalue weighted by Crippen LogP contribution is 2.28. The second-order valence-corrected chi connectivity index (χ2v) is 7.91. The number of morpholine rings is 1. The van der Waals surface area contributed by atoms with Crippen molar-refractivity contribution in [2.24, 2.45) is 5.92 Å². The van der Waals surface area contributed by atoms with Gasteiger partial charge in [-0.25, -0.2) is 9.97 Å². The average Bonchev–Trinajstić information content (AvgIpc) is 2.75. The molecule has 2 heterocycles. The second kappa shape index (κ2) is 9.22. The van der Waals surface area contributed by atoms with Crippen molar-refractivity contribution >= 4 is 23.2 Å². The minimum atomic E-state index is 0.148. The van der Waals surface area contributed by atoms with Gasteiger partial charge in [-0.3, -0.25) is 4.79 Å². The van der Waals surface area contributed by atoms with E-state index in [1.807, 2.05) is 23.1 Å². The quantitative estimate of drug-likeness (QED) is 0.808. The van der Waals surface area contributed by atoms with Gasteiger partial charge in [0, 0.05) is 36.8 Å². The SMILES string of the molecule is Cc1cccc(Nc2cc(NC3CCC(C(=O)N4CCOCC4)CC3)ncn2)c1. The molecule has 1 aliphatic heterocycles. The van der Waals surface area contributed by atoms with Gasteiger partial charge in [0.05, 0.1) is 13.2 Å². The summed E-state index contributed by atoms with van der Waals surface area (Å²) in [5, 5.41) is 6.85. The molecule has 1 aromatic heterocycles. The fraction of sp³-hybridized carbons (Fsp3) is 0.500. The van der Waals surface area contributed by atoms with Crippen LogP contribution in [0.5, 0.6) is 0 Å². The molecule has 1 aromatic carbocycles. The summed E-state index contributed by atoms with van der Waals surface area (Å²) in [7, 11) is 0. The lowest BCUT2D eigenvalue weighted by Gasteiger charge is -2.34. The van der Waals surface area contributed by atoms with Crippen LogP contribution >= 0.6 is 0 Å². The molecule has 2 N–H and O–H groups in total. The zero-order valence-corrected chi connectivity index (χ0v) is 16.9. The number of nitrogens with zero attached hydrogens (tertiary/aromatic N) is 3. The van der Waals surface area contributed by atoms with Crippen LogP contribution in [-0.4, -0.2) is 53.1 Å². The summed E-state index contributed by atoms with van der Waals surface area (Å²) >= 11 is 0. The smallest absolute Gasteiger partial charge is 0.225 e. The van der Waals surface area contributed by atoms with Crippen molar-refractivity contribution in [3.63, 3.8) is 0 Å². The lowest BCUT2D eigenvalue weighted by molar-refractivity contribution is -0.140. The molecule has 0 radical (unpaired) electrons. The maximum absolute atomic E-state index is 12.7. The van der Waals surface area contributed by atoms with E-state index in [4.69, 9.17) is 4.74 Å². The molecule has 2 aliphatic rings. The number of carbonyl (C=O) groups is 1. The molecular formula is C22H29N5O2. The number of benzene rings is 1. The van der Waals surface area contributed by atoms with Gasteiger partial charge in [-0.1, -0.05) is 12.1 Å². The van der Waals surface area contributed by atoms with Crippen LogP contribution in [0.3, 0.4) is 0 Å². The molecule has 0 unspecified atom stereocenters. The van der Waals surface area contributed by atoms with Crippen molar-refractivity contribution in [3.8, 4) is 0 Å². The Labute approximate surface area is 171 Å². The van der Waals surface area contributed by atoms with Gasteiger partial charge in [0.2, 0.25) is 5.91 Å². The van der Waals surface area contributed by atoms with Crippen LogP contribution < -0.4 is 10.6 Å². The van der Waals surface area contributed by atoms with Gasteiger partial charge in [-0.2, -0.15) is 0 Å². The Morgan fingerprint density at radius 2 is 1.83 bits per heavy atom. The number of anilines is 3. The highest BCUT2D eigenvalue weighted by molar-refractivity contribution is 5.79. The molecule has 1 aliphatic carbocycles. The number of nitrogens with one attached hydrogen (secondary N) is 2. The summed E-state index contributed by atoms with van der Waals surface area (Å²) < 4.78 is 5.35. The fourth-order valence-corrected chi connectivity index (χ4v) is 4.11. The number of rotatable bonds is 5. The molecule has 0 bridgehead atoms. The summed E-state index contributed by atoms with van der Waals surface area (Å²) in [6, 6.07) is 10.5. The topological polar surface area (TPSA) is 79.4 Å². The van der Waals surface area contributed by atoms with E-state index in [9.17, 15) is 4.79 Å². The van der Waals surface area contributed by atoms with Crippen LogP contribution in [0.2, 0.25) is 0 Å². The van der Waals surface area contributed by atoms with Crippen molar-refractivity contribution < 1.29 is 9.53 Å². The number of carbonyl (C=O) groups excluding carboxylic acids is 1. The van der Waals surface area contributed by atoms with Crippen LogP contribution in [0.15, 0.2) is 36.7 Å². The third kappa shape index (κ3) is 5.23. The Balaban J connectivity index is 1.29. The highest BCUT2D eigenvalue weighted by atomic mass is 16.5. The average molecular weight is 396 g/mol. The lowest BCUT2D eigenvalue weighted by Crippen LogP contribution is -2.45. The van der Waals surface area contributed by atoms with E-state index in [1.165, 1.54) is 5.56 Å². The standard InChI is InChI=1S/C22H29N5O2/c1-16-3-2-4-19(13-16)26-21-14-20(23-15-24-21)25-18-7-5-17(6-8-18)22(28)27-9-11-29-12-10-27/h2-4,13-15,17-18H,5-12H2,1H3,(H2,23,24,25,26). The molecule has 1 saturated heterocycles. The van der Waals surface area contributed by atoms with Crippen molar-refractivity contribution in [3.05, 3.63) is 42.2 Å². The fourth-order valence-electron chi connectivity index (χ4n) is 4.11. The number of hydrogen-bond acceptors (Lipinski definition) is 6. The maximum atomic E-state index is 12.7. The molecule has 29 heavy (non-hydrogen) atoms. The van der Waals surface area contributed by atoms with Gasteiger partial charge in [-0.15, -0.1) is 0 Å². The molecule has 7 nitrogen and oxygen atoms in total. The molecule has 4 rings (SSSR count). The van der Waals surface area contributed by atoms with Crippen molar-refractivity contribution in [2.75, 3.05) is 36.9 Å². The molecule has 7 heteroatoms. The van der Waals surface area contributed by atoms with E-state index in [0.29, 0.717) is 25.2 Å². The largest absolute Gasteiger partial charge is 0.378 e. The first-order valence-corrected chi connectivity index (χ1v) is 10.5. The third-order valence-electron chi connectivity index (χ3n) is 5.71. The van der Waals surface area contributed by atoms with E-state index in [-0.39, 0.29) is 5.92 Å². The Morgan fingerprint density at radius 3 is 2.59 bits per heavy atom. The molecule has 154 valence electrons. The summed E-state index contributed by atoms with van der Waals surface area (Å²) in [6.45, 7) is 4.85. The van der Waals surface area contributed by atoms with Crippen LogP contribution in [0.4, 0.5) is 17.3 Å². The number of amides is 1. The van der Waals surface area contributed by atoms with Gasteiger partial charge in [0.25, 0.3) is 0 Å².